The molecule has 1 saturated heterocycles. The minimum absolute atomic E-state index is 0.258. The number of nitrogens with zero attached hydrogens (tertiary/aromatic N) is 2. The number of halogens is 1. The molecule has 1 unspecified atom stereocenters. The molecule has 0 aliphatic carbocycles. The first kappa shape index (κ1) is 15.9. The van der Waals surface area contributed by atoms with Gasteiger partial charge in [0.2, 0.25) is 0 Å². The van der Waals surface area contributed by atoms with Gasteiger partial charge < -0.3 is 14.8 Å². The van der Waals surface area contributed by atoms with E-state index in [0.717, 1.165) is 46.9 Å². The number of methoxy groups -OCH3 is 1. The van der Waals surface area contributed by atoms with Crippen LogP contribution in [-0.2, 0) is 22.5 Å². The third kappa shape index (κ3) is 4.26. The SMILES string of the molecule is CCNc1nc(CC2CCCCO2)nc(COC)c1I. The molecule has 1 aliphatic rings. The average Bonchev–Trinajstić information content (AvgIpc) is 2.45. The summed E-state index contributed by atoms with van der Waals surface area (Å²) in [7, 11) is 1.69. The zero-order chi connectivity index (χ0) is 14.4. The lowest BCUT2D eigenvalue weighted by atomic mass is 10.1. The Bertz CT molecular complexity index is 409. The van der Waals surface area contributed by atoms with Crippen molar-refractivity contribution in [3.63, 3.8) is 0 Å². The fourth-order valence-electron chi connectivity index (χ4n) is 2.32. The van der Waals surface area contributed by atoms with Crippen molar-refractivity contribution in [1.82, 2.24) is 9.97 Å². The highest BCUT2D eigenvalue weighted by atomic mass is 127. The molecule has 0 bridgehead atoms. The molecule has 1 aromatic heterocycles. The molecule has 112 valence electrons. The summed E-state index contributed by atoms with van der Waals surface area (Å²) in [5, 5.41) is 3.30. The Labute approximate surface area is 134 Å². The lowest BCUT2D eigenvalue weighted by Crippen LogP contribution is -2.23. The van der Waals surface area contributed by atoms with Crippen molar-refractivity contribution in [3.8, 4) is 0 Å². The molecule has 0 amide bonds. The van der Waals surface area contributed by atoms with Crippen molar-refractivity contribution >= 4 is 28.4 Å². The van der Waals surface area contributed by atoms with E-state index >= 15 is 0 Å². The van der Waals surface area contributed by atoms with Crippen molar-refractivity contribution in [2.75, 3.05) is 25.6 Å². The molecule has 1 N–H and O–H groups in total. The van der Waals surface area contributed by atoms with E-state index in [9.17, 15) is 0 Å². The third-order valence-corrected chi connectivity index (χ3v) is 4.41. The van der Waals surface area contributed by atoms with Gasteiger partial charge in [-0.3, -0.25) is 0 Å². The van der Waals surface area contributed by atoms with Crippen LogP contribution >= 0.6 is 22.6 Å². The molecule has 1 fully saturated rings. The second-order valence-corrected chi connectivity index (χ2v) is 5.98. The number of hydrogen-bond donors (Lipinski definition) is 1. The summed E-state index contributed by atoms with van der Waals surface area (Å²) in [4.78, 5) is 9.27. The number of hydrogen-bond acceptors (Lipinski definition) is 5. The number of ether oxygens (including phenoxy) is 2. The Hall–Kier alpha value is -0.470. The fraction of sp³-hybridized carbons (Fsp3) is 0.714. The van der Waals surface area contributed by atoms with Crippen molar-refractivity contribution in [3.05, 3.63) is 15.1 Å². The first-order chi connectivity index (χ1) is 9.74. The second-order valence-electron chi connectivity index (χ2n) is 4.91. The quantitative estimate of drug-likeness (QED) is 0.756. The van der Waals surface area contributed by atoms with Gasteiger partial charge in [-0.2, -0.15) is 0 Å². The Morgan fingerprint density at radius 3 is 2.90 bits per heavy atom. The standard InChI is InChI=1S/C14H22IN3O2/c1-3-16-14-13(15)11(9-19-2)17-12(18-14)8-10-6-4-5-7-20-10/h10H,3-9H2,1-2H3,(H,16,17,18). The Kier molecular flexibility index (Phi) is 6.44. The molecular weight excluding hydrogens is 369 g/mol. The van der Waals surface area contributed by atoms with Gasteiger partial charge in [-0.1, -0.05) is 0 Å². The average molecular weight is 391 g/mol. The van der Waals surface area contributed by atoms with Gasteiger partial charge in [0.15, 0.2) is 0 Å². The highest BCUT2D eigenvalue weighted by molar-refractivity contribution is 14.1. The van der Waals surface area contributed by atoms with Gasteiger partial charge >= 0.3 is 0 Å². The van der Waals surface area contributed by atoms with Crippen LogP contribution in [0.3, 0.4) is 0 Å². The smallest absolute Gasteiger partial charge is 0.143 e. The van der Waals surface area contributed by atoms with Gasteiger partial charge in [-0.15, -0.1) is 0 Å². The Morgan fingerprint density at radius 2 is 2.25 bits per heavy atom. The lowest BCUT2D eigenvalue weighted by molar-refractivity contribution is 0.0156. The Morgan fingerprint density at radius 1 is 1.40 bits per heavy atom. The highest BCUT2D eigenvalue weighted by Crippen LogP contribution is 2.22. The summed E-state index contributed by atoms with van der Waals surface area (Å²) in [6, 6.07) is 0. The molecule has 0 radical (unpaired) electrons. The first-order valence-corrected chi connectivity index (χ1v) is 8.22. The predicted octanol–water partition coefficient (Wildman–Crippen LogP) is 2.77. The normalized spacial score (nSPS) is 19.1. The lowest BCUT2D eigenvalue weighted by Gasteiger charge is -2.22. The van der Waals surface area contributed by atoms with Crippen molar-refractivity contribution in [2.45, 2.75) is 45.3 Å². The van der Waals surface area contributed by atoms with E-state index in [4.69, 9.17) is 9.47 Å². The van der Waals surface area contributed by atoms with E-state index in [1.807, 2.05) is 0 Å². The van der Waals surface area contributed by atoms with Crippen LogP contribution in [0, 0.1) is 3.57 Å². The number of aromatic nitrogens is 2. The van der Waals surface area contributed by atoms with E-state index in [-0.39, 0.29) is 6.10 Å². The van der Waals surface area contributed by atoms with Crippen molar-refractivity contribution in [2.24, 2.45) is 0 Å². The molecule has 0 saturated carbocycles. The summed E-state index contributed by atoms with van der Waals surface area (Å²) < 4.78 is 12.1. The molecule has 2 heterocycles. The van der Waals surface area contributed by atoms with Gasteiger partial charge in [-0.05, 0) is 48.8 Å². The van der Waals surface area contributed by atoms with Crippen LogP contribution < -0.4 is 5.32 Å². The van der Waals surface area contributed by atoms with Crippen molar-refractivity contribution in [1.29, 1.82) is 0 Å². The van der Waals surface area contributed by atoms with Crippen LogP contribution in [0.1, 0.15) is 37.7 Å². The maximum atomic E-state index is 5.78. The van der Waals surface area contributed by atoms with Crippen LogP contribution in [0.25, 0.3) is 0 Å². The van der Waals surface area contributed by atoms with Gasteiger partial charge in [0.25, 0.3) is 0 Å². The minimum atomic E-state index is 0.258. The Balaban J connectivity index is 2.17. The van der Waals surface area contributed by atoms with Crippen molar-refractivity contribution < 1.29 is 9.47 Å². The summed E-state index contributed by atoms with van der Waals surface area (Å²) >= 11 is 2.28. The predicted molar refractivity (Wildman–Crippen MR) is 86.9 cm³/mol. The van der Waals surface area contributed by atoms with Gasteiger partial charge in [0.1, 0.15) is 11.6 Å². The molecule has 1 aromatic rings. The molecule has 1 aliphatic heterocycles. The van der Waals surface area contributed by atoms with E-state index in [0.29, 0.717) is 6.61 Å². The maximum Gasteiger partial charge on any atom is 0.143 e. The van der Waals surface area contributed by atoms with E-state index in [1.54, 1.807) is 7.11 Å². The van der Waals surface area contributed by atoms with Crippen LogP contribution in [0.2, 0.25) is 0 Å². The summed E-state index contributed by atoms with van der Waals surface area (Å²) in [6.07, 6.45) is 4.55. The van der Waals surface area contributed by atoms with Crippen LogP contribution in [0.4, 0.5) is 5.82 Å². The van der Waals surface area contributed by atoms with E-state index < -0.39 is 0 Å². The van der Waals surface area contributed by atoms with E-state index in [1.165, 1.54) is 12.8 Å². The monoisotopic (exact) mass is 391 g/mol. The number of nitrogens with one attached hydrogen (secondary N) is 1. The zero-order valence-corrected chi connectivity index (χ0v) is 14.3. The number of rotatable bonds is 6. The molecule has 0 aromatic carbocycles. The largest absolute Gasteiger partial charge is 0.378 e. The summed E-state index contributed by atoms with van der Waals surface area (Å²) in [6.45, 7) is 4.29. The summed E-state index contributed by atoms with van der Waals surface area (Å²) in [5.41, 5.74) is 0.949. The zero-order valence-electron chi connectivity index (χ0n) is 12.1. The first-order valence-electron chi connectivity index (χ1n) is 7.14. The molecule has 20 heavy (non-hydrogen) atoms. The van der Waals surface area contributed by atoms with Crippen LogP contribution in [0.15, 0.2) is 0 Å². The molecule has 1 atom stereocenters. The van der Waals surface area contributed by atoms with E-state index in [2.05, 4.69) is 44.8 Å². The van der Waals surface area contributed by atoms with Crippen LogP contribution in [0.5, 0.6) is 0 Å². The highest BCUT2D eigenvalue weighted by Gasteiger charge is 2.18. The second kappa shape index (κ2) is 8.09. The van der Waals surface area contributed by atoms with Crippen LogP contribution in [-0.4, -0.2) is 36.3 Å². The molecule has 5 nitrogen and oxygen atoms in total. The third-order valence-electron chi connectivity index (χ3n) is 3.28. The molecule has 2 rings (SSSR count). The van der Waals surface area contributed by atoms with Gasteiger partial charge in [-0.25, -0.2) is 9.97 Å². The topological polar surface area (TPSA) is 56.3 Å². The van der Waals surface area contributed by atoms with Gasteiger partial charge in [0, 0.05) is 26.7 Å². The minimum Gasteiger partial charge on any atom is -0.378 e. The summed E-state index contributed by atoms with van der Waals surface area (Å²) in [5.74, 6) is 1.75. The molecular formula is C14H22IN3O2. The molecule has 0 spiro atoms. The molecule has 6 heteroatoms. The fourth-order valence-corrected chi connectivity index (χ4v) is 2.91. The number of anilines is 1. The van der Waals surface area contributed by atoms with Gasteiger partial charge in [0.05, 0.1) is 22.0 Å². The maximum absolute atomic E-state index is 5.78.